The molecule has 4 aromatic rings. The van der Waals surface area contributed by atoms with Crippen LogP contribution in [0, 0.1) is 6.92 Å². The van der Waals surface area contributed by atoms with Gasteiger partial charge in [0.15, 0.2) is 5.76 Å². The highest BCUT2D eigenvalue weighted by Crippen LogP contribution is 2.37. The van der Waals surface area contributed by atoms with E-state index in [0.29, 0.717) is 0 Å². The topological polar surface area (TPSA) is 67.2 Å². The van der Waals surface area contributed by atoms with Gasteiger partial charge in [-0.15, -0.1) is 11.3 Å². The lowest BCUT2D eigenvalue weighted by atomic mass is 10.00. The zero-order valence-electron chi connectivity index (χ0n) is 15.3. The number of amides is 1. The summed E-state index contributed by atoms with van der Waals surface area (Å²) < 4.78 is 5.22. The fourth-order valence-corrected chi connectivity index (χ4v) is 3.95. The van der Waals surface area contributed by atoms with E-state index < -0.39 is 0 Å². The van der Waals surface area contributed by atoms with Crippen LogP contribution in [0.5, 0.6) is 0 Å². The van der Waals surface area contributed by atoms with E-state index in [4.69, 9.17) is 4.42 Å². The fourth-order valence-electron chi connectivity index (χ4n) is 3.00. The average molecular weight is 389 g/mol. The summed E-state index contributed by atoms with van der Waals surface area (Å²) in [7, 11) is 0. The second-order valence-electron chi connectivity index (χ2n) is 6.28. The van der Waals surface area contributed by atoms with Crippen molar-refractivity contribution in [2.45, 2.75) is 13.0 Å². The third-order valence-corrected chi connectivity index (χ3v) is 5.24. The molecule has 0 aliphatic heterocycles. The van der Waals surface area contributed by atoms with Crippen molar-refractivity contribution in [2.24, 2.45) is 0 Å². The number of pyridine rings is 1. The second kappa shape index (κ2) is 8.10. The van der Waals surface area contributed by atoms with Crippen molar-refractivity contribution >= 4 is 28.1 Å². The van der Waals surface area contributed by atoms with Gasteiger partial charge in [-0.25, -0.2) is 4.98 Å². The highest BCUT2D eigenvalue weighted by molar-refractivity contribution is 7.16. The number of carbonyl (C=O) groups is 1. The van der Waals surface area contributed by atoms with Gasteiger partial charge in [0.25, 0.3) is 5.91 Å². The fraction of sp³-hybridized carbons (Fsp3) is 0.0909. The molecule has 1 atom stereocenters. The zero-order chi connectivity index (χ0) is 19.3. The molecular weight excluding hydrogens is 370 g/mol. The molecular formula is C22H19N3O2S. The van der Waals surface area contributed by atoms with Gasteiger partial charge in [-0.1, -0.05) is 36.4 Å². The van der Waals surface area contributed by atoms with Gasteiger partial charge in [-0.3, -0.25) is 4.79 Å². The van der Waals surface area contributed by atoms with Gasteiger partial charge in [0, 0.05) is 16.6 Å². The molecule has 0 radical (unpaired) electrons. The van der Waals surface area contributed by atoms with Crippen molar-refractivity contribution in [3.63, 3.8) is 0 Å². The molecule has 0 spiro atoms. The van der Waals surface area contributed by atoms with E-state index in [0.717, 1.165) is 26.8 Å². The Morgan fingerprint density at radius 3 is 2.61 bits per heavy atom. The van der Waals surface area contributed by atoms with E-state index in [2.05, 4.69) is 33.8 Å². The first-order valence-electron chi connectivity index (χ1n) is 8.88. The first-order chi connectivity index (χ1) is 13.7. The highest BCUT2D eigenvalue weighted by Gasteiger charge is 2.22. The monoisotopic (exact) mass is 389 g/mol. The quantitative estimate of drug-likeness (QED) is 0.457. The minimum Gasteiger partial charge on any atom is -0.459 e. The number of anilines is 2. The Morgan fingerprint density at radius 2 is 1.89 bits per heavy atom. The summed E-state index contributed by atoms with van der Waals surface area (Å²) in [5.74, 6) is 0.784. The molecule has 0 aliphatic rings. The molecule has 1 aromatic carbocycles. The number of hydrogen-bond donors (Lipinski definition) is 2. The molecule has 0 aliphatic carbocycles. The molecule has 0 saturated carbocycles. The molecule has 0 saturated heterocycles. The van der Waals surface area contributed by atoms with E-state index in [9.17, 15) is 4.79 Å². The maximum absolute atomic E-state index is 12.5. The average Bonchev–Trinajstić information content (AvgIpc) is 3.38. The molecule has 3 heterocycles. The summed E-state index contributed by atoms with van der Waals surface area (Å²) >= 11 is 1.54. The van der Waals surface area contributed by atoms with E-state index in [1.165, 1.54) is 17.6 Å². The van der Waals surface area contributed by atoms with Crippen LogP contribution in [0.3, 0.4) is 0 Å². The van der Waals surface area contributed by atoms with Crippen molar-refractivity contribution < 1.29 is 9.21 Å². The lowest BCUT2D eigenvalue weighted by Gasteiger charge is -2.21. The Morgan fingerprint density at radius 1 is 1.07 bits per heavy atom. The Kier molecular flexibility index (Phi) is 5.21. The number of benzene rings is 1. The molecule has 140 valence electrons. The van der Waals surface area contributed by atoms with Crippen molar-refractivity contribution in [3.8, 4) is 0 Å². The molecule has 5 nitrogen and oxygen atoms in total. The number of rotatable bonds is 6. The molecule has 0 bridgehead atoms. The number of nitrogens with one attached hydrogen (secondary N) is 2. The predicted octanol–water partition coefficient (Wildman–Crippen LogP) is 5.50. The maximum atomic E-state index is 12.5. The van der Waals surface area contributed by atoms with E-state index in [1.54, 1.807) is 18.3 Å². The minimum absolute atomic E-state index is 0.159. The number of furan rings is 1. The van der Waals surface area contributed by atoms with Crippen LogP contribution in [-0.4, -0.2) is 10.9 Å². The number of aromatic nitrogens is 1. The Bertz CT molecular complexity index is 1040. The smallest absolute Gasteiger partial charge is 0.291 e. The van der Waals surface area contributed by atoms with Crippen molar-refractivity contribution in [1.82, 2.24) is 4.98 Å². The van der Waals surface area contributed by atoms with Crippen LogP contribution in [-0.2, 0) is 0 Å². The SMILES string of the molecule is Cc1cc([C@@H](Nc2ccccn2)c2ccccc2)c(NC(=O)c2ccco2)s1. The largest absolute Gasteiger partial charge is 0.459 e. The molecule has 0 unspecified atom stereocenters. The normalized spacial score (nSPS) is 11.8. The molecule has 4 rings (SSSR count). The van der Waals surface area contributed by atoms with E-state index >= 15 is 0 Å². The van der Waals surface area contributed by atoms with Crippen LogP contribution >= 0.6 is 11.3 Å². The standard InChI is InChI=1S/C22H19N3O2S/c1-15-14-17(22(28-15)25-21(26)18-10-7-13-27-18)20(16-8-3-2-4-9-16)24-19-11-5-6-12-23-19/h2-14,20H,1H3,(H,23,24)(H,25,26)/t20-/m0/s1. The Balaban J connectivity index is 1.71. The van der Waals surface area contributed by atoms with Crippen LogP contribution in [0.25, 0.3) is 0 Å². The number of hydrogen-bond acceptors (Lipinski definition) is 5. The van der Waals surface area contributed by atoms with Crippen molar-refractivity contribution in [3.05, 3.63) is 101 Å². The number of carbonyl (C=O) groups excluding carboxylic acids is 1. The molecule has 28 heavy (non-hydrogen) atoms. The Labute approximate surface area is 167 Å². The summed E-state index contributed by atoms with van der Waals surface area (Å²) in [6.45, 7) is 2.03. The van der Waals surface area contributed by atoms with Gasteiger partial charge in [-0.2, -0.15) is 0 Å². The van der Waals surface area contributed by atoms with Crippen molar-refractivity contribution in [2.75, 3.05) is 10.6 Å². The van der Waals surface area contributed by atoms with Crippen LogP contribution in [0.4, 0.5) is 10.8 Å². The lowest BCUT2D eigenvalue weighted by molar-refractivity contribution is 0.0997. The summed E-state index contributed by atoms with van der Waals surface area (Å²) in [6, 6.07) is 21.1. The number of thiophene rings is 1. The summed E-state index contributed by atoms with van der Waals surface area (Å²) in [5, 5.41) is 7.28. The summed E-state index contributed by atoms with van der Waals surface area (Å²) in [5.41, 5.74) is 2.07. The third kappa shape index (κ3) is 3.97. The van der Waals surface area contributed by atoms with Gasteiger partial charge in [0.05, 0.1) is 12.3 Å². The number of nitrogens with zero attached hydrogens (tertiary/aromatic N) is 1. The molecule has 1 amide bonds. The summed E-state index contributed by atoms with van der Waals surface area (Å²) in [6.07, 6.45) is 3.24. The van der Waals surface area contributed by atoms with E-state index in [-0.39, 0.29) is 17.7 Å². The van der Waals surface area contributed by atoms with Crippen LogP contribution in [0.1, 0.15) is 32.6 Å². The maximum Gasteiger partial charge on any atom is 0.291 e. The molecule has 6 heteroatoms. The van der Waals surface area contributed by atoms with Gasteiger partial charge in [0.2, 0.25) is 0 Å². The van der Waals surface area contributed by atoms with Crippen molar-refractivity contribution in [1.29, 1.82) is 0 Å². The van der Waals surface area contributed by atoms with Gasteiger partial charge in [-0.05, 0) is 42.8 Å². The first kappa shape index (κ1) is 18.0. The summed E-state index contributed by atoms with van der Waals surface area (Å²) in [4.78, 5) is 18.0. The highest BCUT2D eigenvalue weighted by atomic mass is 32.1. The second-order valence-corrected chi connectivity index (χ2v) is 7.53. The van der Waals surface area contributed by atoms with Crippen LogP contribution in [0.2, 0.25) is 0 Å². The lowest BCUT2D eigenvalue weighted by Crippen LogP contribution is -2.16. The predicted molar refractivity (Wildman–Crippen MR) is 112 cm³/mol. The van der Waals surface area contributed by atoms with Crippen LogP contribution < -0.4 is 10.6 Å². The van der Waals surface area contributed by atoms with Gasteiger partial charge < -0.3 is 15.1 Å². The molecule has 0 fully saturated rings. The molecule has 2 N–H and O–H groups in total. The van der Waals surface area contributed by atoms with Gasteiger partial charge >= 0.3 is 0 Å². The van der Waals surface area contributed by atoms with E-state index in [1.807, 2.05) is 43.3 Å². The number of aryl methyl sites for hydroxylation is 1. The first-order valence-corrected chi connectivity index (χ1v) is 9.70. The van der Waals surface area contributed by atoms with Gasteiger partial charge in [0.1, 0.15) is 10.8 Å². The minimum atomic E-state index is -0.266. The van der Waals surface area contributed by atoms with Crippen LogP contribution in [0.15, 0.2) is 83.6 Å². The zero-order valence-corrected chi connectivity index (χ0v) is 16.1. The third-order valence-electron chi connectivity index (χ3n) is 4.26. The Hall–Kier alpha value is -3.38. The molecule has 3 aromatic heterocycles.